The van der Waals surface area contributed by atoms with Gasteiger partial charge in [-0.3, -0.25) is 15.1 Å². The maximum absolute atomic E-state index is 12.2. The molecule has 0 saturated carbocycles. The Bertz CT molecular complexity index is 824. The largest absolute Gasteiger partial charge is 0.481 e. The molecule has 0 saturated heterocycles. The highest BCUT2D eigenvalue weighted by molar-refractivity contribution is 7.18. The molecule has 0 spiro atoms. The first kappa shape index (κ1) is 16.4. The van der Waals surface area contributed by atoms with Crippen LogP contribution in [-0.2, 0) is 4.79 Å². The summed E-state index contributed by atoms with van der Waals surface area (Å²) < 4.78 is 5.57. The van der Waals surface area contributed by atoms with Crippen LogP contribution in [0.2, 0.25) is 5.02 Å². The zero-order valence-electron chi connectivity index (χ0n) is 12.6. The van der Waals surface area contributed by atoms with Gasteiger partial charge in [-0.2, -0.15) is 0 Å². The summed E-state index contributed by atoms with van der Waals surface area (Å²) in [6.45, 7) is 1.66. The molecular formula is C16H13ClN4O2S. The molecule has 2 aromatic heterocycles. The molecule has 1 aromatic carbocycles. The van der Waals surface area contributed by atoms with Gasteiger partial charge in [0.25, 0.3) is 5.91 Å². The lowest BCUT2D eigenvalue weighted by Crippen LogP contribution is -2.30. The minimum Gasteiger partial charge on any atom is -0.481 e. The van der Waals surface area contributed by atoms with Crippen LogP contribution in [-0.4, -0.2) is 27.2 Å². The molecule has 2 heterocycles. The van der Waals surface area contributed by atoms with Crippen LogP contribution in [0.1, 0.15) is 6.92 Å². The SMILES string of the molecule is C[C@H](Oc1ccc(Cl)cc1)C(=O)Nc1nnc(-c2cccnc2)s1. The Morgan fingerprint density at radius 2 is 2.04 bits per heavy atom. The lowest BCUT2D eigenvalue weighted by Gasteiger charge is -2.13. The summed E-state index contributed by atoms with van der Waals surface area (Å²) in [4.78, 5) is 16.2. The fourth-order valence-electron chi connectivity index (χ4n) is 1.86. The lowest BCUT2D eigenvalue weighted by atomic mass is 10.3. The van der Waals surface area contributed by atoms with Crippen molar-refractivity contribution in [3.05, 3.63) is 53.8 Å². The van der Waals surface area contributed by atoms with Crippen LogP contribution in [0.3, 0.4) is 0 Å². The van der Waals surface area contributed by atoms with Crippen molar-refractivity contribution in [3.63, 3.8) is 0 Å². The van der Waals surface area contributed by atoms with E-state index in [1.165, 1.54) is 11.3 Å². The normalized spacial score (nSPS) is 11.8. The molecule has 3 rings (SSSR count). The smallest absolute Gasteiger partial charge is 0.266 e. The van der Waals surface area contributed by atoms with Gasteiger partial charge in [-0.1, -0.05) is 22.9 Å². The van der Waals surface area contributed by atoms with Crippen LogP contribution in [0, 0.1) is 0 Å². The maximum Gasteiger partial charge on any atom is 0.266 e. The lowest BCUT2D eigenvalue weighted by molar-refractivity contribution is -0.122. The van der Waals surface area contributed by atoms with Gasteiger partial charge >= 0.3 is 0 Å². The molecule has 0 fully saturated rings. The Morgan fingerprint density at radius 3 is 2.75 bits per heavy atom. The van der Waals surface area contributed by atoms with Crippen molar-refractivity contribution in [1.82, 2.24) is 15.2 Å². The predicted octanol–water partition coefficient (Wildman–Crippen LogP) is 3.66. The van der Waals surface area contributed by atoms with Crippen LogP contribution in [0.4, 0.5) is 5.13 Å². The molecule has 0 aliphatic carbocycles. The summed E-state index contributed by atoms with van der Waals surface area (Å²) in [6.07, 6.45) is 2.69. The molecule has 3 aromatic rings. The Hall–Kier alpha value is -2.51. The fourth-order valence-corrected chi connectivity index (χ4v) is 2.72. The third-order valence-corrected chi connectivity index (χ3v) is 4.20. The summed E-state index contributed by atoms with van der Waals surface area (Å²) in [5.74, 6) is 0.259. The minimum atomic E-state index is -0.683. The molecule has 0 aliphatic rings. The van der Waals surface area contributed by atoms with Gasteiger partial charge in [0.05, 0.1) is 0 Å². The third-order valence-electron chi connectivity index (χ3n) is 3.06. The van der Waals surface area contributed by atoms with E-state index in [0.29, 0.717) is 20.9 Å². The highest BCUT2D eigenvalue weighted by Gasteiger charge is 2.17. The minimum absolute atomic E-state index is 0.307. The number of carbonyl (C=O) groups excluding carboxylic acids is 1. The topological polar surface area (TPSA) is 77.0 Å². The standard InChI is InChI=1S/C16H13ClN4O2S/c1-10(23-13-6-4-12(17)5-7-13)14(22)19-16-21-20-15(24-16)11-3-2-8-18-9-11/h2-10H,1H3,(H,19,21,22)/t10-/m0/s1. The van der Waals surface area contributed by atoms with E-state index in [0.717, 1.165) is 5.56 Å². The molecule has 0 radical (unpaired) electrons. The molecule has 1 atom stereocenters. The van der Waals surface area contributed by atoms with Gasteiger partial charge in [0.15, 0.2) is 11.1 Å². The van der Waals surface area contributed by atoms with E-state index in [1.54, 1.807) is 43.6 Å². The zero-order valence-corrected chi connectivity index (χ0v) is 14.2. The molecule has 6 nitrogen and oxygen atoms in total. The van der Waals surface area contributed by atoms with Gasteiger partial charge in [-0.25, -0.2) is 0 Å². The van der Waals surface area contributed by atoms with Crippen molar-refractivity contribution in [3.8, 4) is 16.3 Å². The van der Waals surface area contributed by atoms with Crippen LogP contribution in [0.5, 0.6) is 5.75 Å². The number of nitrogens with one attached hydrogen (secondary N) is 1. The maximum atomic E-state index is 12.2. The number of ether oxygens (including phenoxy) is 1. The monoisotopic (exact) mass is 360 g/mol. The van der Waals surface area contributed by atoms with Crippen molar-refractivity contribution in [2.45, 2.75) is 13.0 Å². The van der Waals surface area contributed by atoms with Crippen LogP contribution >= 0.6 is 22.9 Å². The number of hydrogen-bond acceptors (Lipinski definition) is 6. The number of benzene rings is 1. The van der Waals surface area contributed by atoms with Gasteiger partial charge in [0.2, 0.25) is 5.13 Å². The Balaban J connectivity index is 1.62. The van der Waals surface area contributed by atoms with Crippen LogP contribution in [0.25, 0.3) is 10.6 Å². The second kappa shape index (κ2) is 7.37. The van der Waals surface area contributed by atoms with E-state index >= 15 is 0 Å². The molecule has 1 N–H and O–H groups in total. The van der Waals surface area contributed by atoms with Crippen molar-refractivity contribution < 1.29 is 9.53 Å². The van der Waals surface area contributed by atoms with Gasteiger partial charge in [0, 0.05) is 23.0 Å². The molecule has 122 valence electrons. The van der Waals surface area contributed by atoms with Crippen LogP contribution < -0.4 is 10.1 Å². The van der Waals surface area contributed by atoms with Gasteiger partial charge < -0.3 is 4.74 Å². The van der Waals surface area contributed by atoms with E-state index < -0.39 is 6.10 Å². The summed E-state index contributed by atoms with van der Waals surface area (Å²) in [5.41, 5.74) is 0.848. The first-order chi connectivity index (χ1) is 11.6. The first-order valence-corrected chi connectivity index (χ1v) is 8.28. The van der Waals surface area contributed by atoms with Crippen LogP contribution in [0.15, 0.2) is 48.8 Å². The quantitative estimate of drug-likeness (QED) is 0.751. The summed E-state index contributed by atoms with van der Waals surface area (Å²) in [5, 5.41) is 12.4. The second-order valence-electron chi connectivity index (χ2n) is 4.86. The van der Waals surface area contributed by atoms with Gasteiger partial charge in [-0.05, 0) is 43.3 Å². The Labute approximate surface area is 147 Å². The molecule has 1 amide bonds. The molecule has 8 heteroatoms. The zero-order chi connectivity index (χ0) is 16.9. The van der Waals surface area contributed by atoms with E-state index in [9.17, 15) is 4.79 Å². The Morgan fingerprint density at radius 1 is 1.25 bits per heavy atom. The number of pyridine rings is 1. The van der Waals surface area contributed by atoms with Crippen molar-refractivity contribution in [2.75, 3.05) is 5.32 Å². The first-order valence-electron chi connectivity index (χ1n) is 7.09. The van der Waals surface area contributed by atoms with Crippen molar-refractivity contribution in [2.24, 2.45) is 0 Å². The highest BCUT2D eigenvalue weighted by Crippen LogP contribution is 2.25. The third kappa shape index (κ3) is 4.06. The van der Waals surface area contributed by atoms with Gasteiger partial charge in [-0.15, -0.1) is 10.2 Å². The number of halogens is 1. The second-order valence-corrected chi connectivity index (χ2v) is 6.27. The summed E-state index contributed by atoms with van der Waals surface area (Å²) in [7, 11) is 0. The molecule has 0 unspecified atom stereocenters. The number of rotatable bonds is 5. The van der Waals surface area contributed by atoms with Crippen molar-refractivity contribution in [1.29, 1.82) is 0 Å². The summed E-state index contributed by atoms with van der Waals surface area (Å²) >= 11 is 7.09. The average molecular weight is 361 g/mol. The molecule has 0 aliphatic heterocycles. The van der Waals surface area contributed by atoms with E-state index in [2.05, 4.69) is 20.5 Å². The number of carbonyl (C=O) groups is 1. The molecule has 24 heavy (non-hydrogen) atoms. The predicted molar refractivity (Wildman–Crippen MR) is 93.3 cm³/mol. The molecular weight excluding hydrogens is 348 g/mol. The number of aromatic nitrogens is 3. The van der Waals surface area contributed by atoms with E-state index in [-0.39, 0.29) is 5.91 Å². The van der Waals surface area contributed by atoms with Gasteiger partial charge in [0.1, 0.15) is 5.75 Å². The summed E-state index contributed by atoms with van der Waals surface area (Å²) in [6, 6.07) is 10.5. The number of anilines is 1. The van der Waals surface area contributed by atoms with E-state index in [4.69, 9.17) is 16.3 Å². The molecule has 0 bridgehead atoms. The van der Waals surface area contributed by atoms with Crippen molar-refractivity contribution >= 4 is 34.0 Å². The average Bonchev–Trinajstić information content (AvgIpc) is 3.06. The highest BCUT2D eigenvalue weighted by atomic mass is 35.5. The fraction of sp³-hybridized carbons (Fsp3) is 0.125. The number of hydrogen-bond donors (Lipinski definition) is 1. The number of nitrogens with zero attached hydrogens (tertiary/aromatic N) is 3. The number of amides is 1. The van der Waals surface area contributed by atoms with E-state index in [1.807, 2.05) is 12.1 Å². The Kier molecular flexibility index (Phi) is 5.02.